The Balaban J connectivity index is 1.96. The molecule has 0 spiro atoms. The highest BCUT2D eigenvalue weighted by Gasteiger charge is 2.27. The lowest BCUT2D eigenvalue weighted by Gasteiger charge is -2.26. The van der Waals surface area contributed by atoms with Crippen LogP contribution in [0.4, 0.5) is 4.39 Å². The van der Waals surface area contributed by atoms with E-state index < -0.39 is 21.7 Å². The van der Waals surface area contributed by atoms with Crippen LogP contribution in [0.5, 0.6) is 0 Å². The monoisotopic (exact) mass is 404 g/mol. The van der Waals surface area contributed by atoms with Crippen LogP contribution in [0, 0.1) is 5.82 Å². The van der Waals surface area contributed by atoms with Crippen molar-refractivity contribution in [2.45, 2.75) is 11.3 Å². The van der Waals surface area contributed by atoms with Crippen molar-refractivity contribution in [1.82, 2.24) is 9.62 Å². The van der Waals surface area contributed by atoms with E-state index in [1.54, 1.807) is 7.11 Å². The summed E-state index contributed by atoms with van der Waals surface area (Å²) in [6.45, 7) is 2.72. The molecule has 0 atom stereocenters. The number of rotatable bonds is 10. The molecule has 1 N–H and O–H groups in total. The van der Waals surface area contributed by atoms with Crippen LogP contribution in [-0.2, 0) is 24.2 Å². The molecule has 0 bridgehead atoms. The standard InChI is InChI=1S/C17H25FN2O6S/c1-24-11-12-25-8-2-5-19-17(21)15-13-14(3-4-16(15)18)27(22,23)20-6-9-26-10-7-20/h3-4,13H,2,5-12H2,1H3,(H,19,21). The first-order chi connectivity index (χ1) is 13.0. The zero-order valence-electron chi connectivity index (χ0n) is 15.3. The van der Waals surface area contributed by atoms with Gasteiger partial charge >= 0.3 is 0 Å². The van der Waals surface area contributed by atoms with Gasteiger partial charge in [0.05, 0.1) is 36.9 Å². The molecule has 0 aromatic heterocycles. The lowest BCUT2D eigenvalue weighted by Crippen LogP contribution is -2.40. The Morgan fingerprint density at radius 1 is 1.26 bits per heavy atom. The van der Waals surface area contributed by atoms with Gasteiger partial charge in [0.15, 0.2) is 0 Å². The molecule has 8 nitrogen and oxygen atoms in total. The van der Waals surface area contributed by atoms with Crippen LogP contribution in [0.15, 0.2) is 23.1 Å². The van der Waals surface area contributed by atoms with Gasteiger partial charge in [-0.3, -0.25) is 4.79 Å². The van der Waals surface area contributed by atoms with Gasteiger partial charge in [0, 0.05) is 33.4 Å². The normalized spacial score (nSPS) is 15.6. The average Bonchev–Trinajstić information content (AvgIpc) is 2.68. The molecule has 1 saturated heterocycles. The van der Waals surface area contributed by atoms with Crippen molar-refractivity contribution in [1.29, 1.82) is 0 Å². The van der Waals surface area contributed by atoms with Crippen LogP contribution >= 0.6 is 0 Å². The van der Waals surface area contributed by atoms with E-state index >= 15 is 0 Å². The zero-order valence-corrected chi connectivity index (χ0v) is 16.1. The molecule has 1 aromatic carbocycles. The minimum Gasteiger partial charge on any atom is -0.382 e. The van der Waals surface area contributed by atoms with Crippen LogP contribution in [0.1, 0.15) is 16.8 Å². The molecular formula is C17H25FN2O6S. The fourth-order valence-electron chi connectivity index (χ4n) is 2.49. The van der Waals surface area contributed by atoms with Gasteiger partial charge in [-0.05, 0) is 24.6 Å². The number of morpholine rings is 1. The maximum atomic E-state index is 14.0. The van der Waals surface area contributed by atoms with Crippen molar-refractivity contribution < 1.29 is 31.8 Å². The number of sulfonamides is 1. The largest absolute Gasteiger partial charge is 0.382 e. The average molecular weight is 404 g/mol. The van der Waals surface area contributed by atoms with Gasteiger partial charge in [0.25, 0.3) is 5.91 Å². The number of hydrogen-bond acceptors (Lipinski definition) is 6. The van der Waals surface area contributed by atoms with Crippen LogP contribution < -0.4 is 5.32 Å². The summed E-state index contributed by atoms with van der Waals surface area (Å²) in [7, 11) is -2.22. The molecule has 0 unspecified atom stereocenters. The first kappa shape index (κ1) is 21.7. The topological polar surface area (TPSA) is 94.2 Å². The predicted octanol–water partition coefficient (Wildman–Crippen LogP) is 0.630. The second kappa shape index (κ2) is 10.7. The van der Waals surface area contributed by atoms with Gasteiger partial charge in [-0.25, -0.2) is 12.8 Å². The van der Waals surface area contributed by atoms with Crippen LogP contribution in [0.2, 0.25) is 0 Å². The summed E-state index contributed by atoms with van der Waals surface area (Å²) in [4.78, 5) is 12.1. The van der Waals surface area contributed by atoms with Gasteiger partial charge in [-0.1, -0.05) is 0 Å². The second-order valence-corrected chi connectivity index (χ2v) is 7.81. The number of nitrogens with one attached hydrogen (secondary N) is 1. The van der Waals surface area contributed by atoms with Crippen LogP contribution in [0.3, 0.4) is 0 Å². The van der Waals surface area contributed by atoms with Crippen molar-refractivity contribution in [3.8, 4) is 0 Å². The highest BCUT2D eigenvalue weighted by atomic mass is 32.2. The Bertz CT molecular complexity index is 722. The van der Waals surface area contributed by atoms with Gasteiger partial charge < -0.3 is 19.5 Å². The third kappa shape index (κ3) is 6.22. The lowest BCUT2D eigenvalue weighted by atomic mass is 10.2. The summed E-state index contributed by atoms with van der Waals surface area (Å²) in [5.74, 6) is -1.44. The summed E-state index contributed by atoms with van der Waals surface area (Å²) in [6.07, 6.45) is 0.544. The number of amides is 1. The third-order valence-corrected chi connectivity index (χ3v) is 5.87. The summed E-state index contributed by atoms with van der Waals surface area (Å²) in [5, 5.41) is 2.57. The van der Waals surface area contributed by atoms with Gasteiger partial charge in [0.1, 0.15) is 5.82 Å². The number of carbonyl (C=O) groups is 1. The molecule has 152 valence electrons. The molecule has 1 aliphatic heterocycles. The van der Waals surface area contributed by atoms with Crippen molar-refractivity contribution in [3.63, 3.8) is 0 Å². The Morgan fingerprint density at radius 3 is 2.70 bits per heavy atom. The van der Waals surface area contributed by atoms with Crippen molar-refractivity contribution in [2.24, 2.45) is 0 Å². The van der Waals surface area contributed by atoms with E-state index in [0.29, 0.717) is 39.5 Å². The zero-order chi connectivity index (χ0) is 19.7. The molecule has 1 aliphatic rings. The minimum absolute atomic E-state index is 0.112. The number of ether oxygens (including phenoxy) is 3. The summed E-state index contributed by atoms with van der Waals surface area (Å²) >= 11 is 0. The summed E-state index contributed by atoms with van der Waals surface area (Å²) in [6, 6.07) is 3.24. The van der Waals surface area contributed by atoms with Gasteiger partial charge in [-0.15, -0.1) is 0 Å². The van der Waals surface area contributed by atoms with E-state index in [-0.39, 0.29) is 30.1 Å². The van der Waals surface area contributed by atoms with E-state index in [0.717, 1.165) is 12.1 Å². The molecule has 1 heterocycles. The number of nitrogens with zero attached hydrogens (tertiary/aromatic N) is 1. The van der Waals surface area contributed by atoms with E-state index in [9.17, 15) is 17.6 Å². The first-order valence-electron chi connectivity index (χ1n) is 8.69. The molecule has 1 fully saturated rings. The maximum Gasteiger partial charge on any atom is 0.254 e. The Hall–Kier alpha value is -1.59. The smallest absolute Gasteiger partial charge is 0.254 e. The second-order valence-electron chi connectivity index (χ2n) is 5.87. The van der Waals surface area contributed by atoms with Crippen LogP contribution in [-0.4, -0.2) is 78.4 Å². The number of hydrogen-bond donors (Lipinski definition) is 1. The number of halogens is 1. The Morgan fingerprint density at radius 2 is 2.00 bits per heavy atom. The molecule has 27 heavy (non-hydrogen) atoms. The SMILES string of the molecule is COCCOCCCNC(=O)c1cc(S(=O)(=O)N2CCOCC2)ccc1F. The van der Waals surface area contributed by atoms with E-state index in [1.165, 1.54) is 10.4 Å². The van der Waals surface area contributed by atoms with E-state index in [2.05, 4.69) is 5.32 Å². The minimum atomic E-state index is -3.80. The maximum absolute atomic E-state index is 14.0. The highest BCUT2D eigenvalue weighted by molar-refractivity contribution is 7.89. The van der Waals surface area contributed by atoms with Gasteiger partial charge in [0.2, 0.25) is 10.0 Å². The van der Waals surface area contributed by atoms with Gasteiger partial charge in [-0.2, -0.15) is 4.31 Å². The molecule has 2 rings (SSSR count). The lowest BCUT2D eigenvalue weighted by molar-refractivity contribution is 0.0688. The molecular weight excluding hydrogens is 379 g/mol. The third-order valence-electron chi connectivity index (χ3n) is 3.97. The Kier molecular flexibility index (Phi) is 8.58. The molecule has 10 heteroatoms. The molecule has 0 saturated carbocycles. The molecule has 0 radical (unpaired) electrons. The molecule has 1 amide bonds. The fraction of sp³-hybridized carbons (Fsp3) is 0.588. The fourth-order valence-corrected chi connectivity index (χ4v) is 3.93. The first-order valence-corrected chi connectivity index (χ1v) is 10.1. The summed E-state index contributed by atoms with van der Waals surface area (Å²) < 4.78 is 55.9. The van der Waals surface area contributed by atoms with Crippen molar-refractivity contribution in [2.75, 3.05) is 59.8 Å². The predicted molar refractivity (Wildman–Crippen MR) is 95.6 cm³/mol. The van der Waals surface area contributed by atoms with E-state index in [4.69, 9.17) is 14.2 Å². The number of benzene rings is 1. The van der Waals surface area contributed by atoms with Crippen molar-refractivity contribution in [3.05, 3.63) is 29.6 Å². The molecule has 0 aliphatic carbocycles. The number of methoxy groups -OCH3 is 1. The number of carbonyl (C=O) groups excluding carboxylic acids is 1. The summed E-state index contributed by atoms with van der Waals surface area (Å²) in [5.41, 5.74) is -0.301. The van der Waals surface area contributed by atoms with Crippen molar-refractivity contribution >= 4 is 15.9 Å². The quantitative estimate of drug-likeness (QED) is 0.575. The Labute approximate surface area is 158 Å². The van der Waals surface area contributed by atoms with E-state index in [1.807, 2.05) is 0 Å². The molecule has 1 aromatic rings. The van der Waals surface area contributed by atoms with Crippen LogP contribution in [0.25, 0.3) is 0 Å². The highest BCUT2D eigenvalue weighted by Crippen LogP contribution is 2.20.